The first-order valence-corrected chi connectivity index (χ1v) is 8.41. The normalized spacial score (nSPS) is 16.2. The quantitative estimate of drug-likeness (QED) is 0.803. The Kier molecular flexibility index (Phi) is 6.75. The number of hydrogen-bond acceptors (Lipinski definition) is 5. The van der Waals surface area contributed by atoms with E-state index in [0.717, 1.165) is 32.7 Å². The van der Waals surface area contributed by atoms with Gasteiger partial charge in [0.15, 0.2) is 0 Å². The summed E-state index contributed by atoms with van der Waals surface area (Å²) in [6.07, 6.45) is 0. The van der Waals surface area contributed by atoms with Crippen LogP contribution in [0.5, 0.6) is 0 Å². The van der Waals surface area contributed by atoms with Crippen molar-refractivity contribution in [3.63, 3.8) is 0 Å². The van der Waals surface area contributed by atoms with E-state index in [0.29, 0.717) is 23.7 Å². The zero-order valence-corrected chi connectivity index (χ0v) is 14.7. The molecule has 0 spiro atoms. The Morgan fingerprint density at radius 2 is 1.83 bits per heavy atom. The van der Waals surface area contributed by atoms with Crippen molar-refractivity contribution in [3.05, 3.63) is 29.8 Å². The van der Waals surface area contributed by atoms with Gasteiger partial charge < -0.3 is 15.0 Å². The van der Waals surface area contributed by atoms with Gasteiger partial charge in [0, 0.05) is 38.4 Å². The Bertz CT molecular complexity index is 566. The van der Waals surface area contributed by atoms with Gasteiger partial charge in [-0.05, 0) is 24.1 Å². The number of carbonyl (C=O) groups is 2. The molecule has 1 N–H and O–H groups in total. The largest absolute Gasteiger partial charge is 0.465 e. The molecule has 0 aromatic heterocycles. The molecule has 1 aliphatic rings. The molecular weight excluding hydrogens is 306 g/mol. The molecule has 0 radical (unpaired) electrons. The second kappa shape index (κ2) is 8.80. The predicted octanol–water partition coefficient (Wildman–Crippen LogP) is 1.69. The minimum absolute atomic E-state index is 0.0608. The lowest BCUT2D eigenvalue weighted by molar-refractivity contribution is -0.117. The van der Waals surface area contributed by atoms with Gasteiger partial charge in [-0.15, -0.1) is 0 Å². The average molecular weight is 333 g/mol. The van der Waals surface area contributed by atoms with E-state index in [9.17, 15) is 9.59 Å². The molecular formula is C18H27N3O3. The van der Waals surface area contributed by atoms with Crippen LogP contribution in [0.4, 0.5) is 5.69 Å². The topological polar surface area (TPSA) is 61.9 Å². The molecule has 0 aliphatic carbocycles. The molecule has 0 saturated carbocycles. The maximum absolute atomic E-state index is 12.2. The molecule has 2 rings (SSSR count). The molecule has 6 nitrogen and oxygen atoms in total. The van der Waals surface area contributed by atoms with Crippen molar-refractivity contribution in [3.8, 4) is 0 Å². The molecule has 132 valence electrons. The van der Waals surface area contributed by atoms with Crippen molar-refractivity contribution in [1.82, 2.24) is 9.80 Å². The van der Waals surface area contributed by atoms with Crippen molar-refractivity contribution in [2.75, 3.05) is 51.7 Å². The third-order valence-electron chi connectivity index (χ3n) is 4.02. The lowest BCUT2D eigenvalue weighted by atomic mass is 10.2. The number of piperazine rings is 1. The van der Waals surface area contributed by atoms with Gasteiger partial charge in [-0.25, -0.2) is 4.79 Å². The van der Waals surface area contributed by atoms with Crippen LogP contribution in [0, 0.1) is 5.92 Å². The first-order chi connectivity index (χ1) is 11.5. The summed E-state index contributed by atoms with van der Waals surface area (Å²) in [6.45, 7) is 9.75. The second-order valence-corrected chi connectivity index (χ2v) is 6.59. The summed E-state index contributed by atoms with van der Waals surface area (Å²) in [6, 6.07) is 6.79. The fourth-order valence-corrected chi connectivity index (χ4v) is 2.89. The Labute approximate surface area is 143 Å². The van der Waals surface area contributed by atoms with Gasteiger partial charge in [0.05, 0.1) is 19.2 Å². The number of amides is 1. The van der Waals surface area contributed by atoms with Gasteiger partial charge in [-0.2, -0.15) is 0 Å². The van der Waals surface area contributed by atoms with Crippen LogP contribution in [-0.2, 0) is 9.53 Å². The summed E-state index contributed by atoms with van der Waals surface area (Å²) in [5, 5.41) is 2.85. The highest BCUT2D eigenvalue weighted by Gasteiger charge is 2.19. The van der Waals surface area contributed by atoms with Crippen LogP contribution in [0.1, 0.15) is 24.2 Å². The van der Waals surface area contributed by atoms with E-state index >= 15 is 0 Å². The molecule has 1 amide bonds. The summed E-state index contributed by atoms with van der Waals surface area (Å²) in [5.74, 6) is 0.198. The molecule has 0 unspecified atom stereocenters. The first-order valence-electron chi connectivity index (χ1n) is 8.41. The number of nitrogens with one attached hydrogen (secondary N) is 1. The summed E-state index contributed by atoms with van der Waals surface area (Å²) in [4.78, 5) is 28.3. The standard InChI is InChI=1S/C18H27N3O3/c1-14(2)12-20-7-9-21(10-8-20)13-17(22)19-16-6-4-5-15(11-16)18(23)24-3/h4-6,11,14H,7-10,12-13H2,1-3H3,(H,19,22). The van der Waals surface area contributed by atoms with Crippen LogP contribution in [-0.4, -0.2) is 68.1 Å². The molecule has 6 heteroatoms. The maximum atomic E-state index is 12.2. The van der Waals surface area contributed by atoms with Crippen molar-refractivity contribution in [2.45, 2.75) is 13.8 Å². The molecule has 0 atom stereocenters. The molecule has 1 aromatic carbocycles. The van der Waals surface area contributed by atoms with Crippen LogP contribution in [0.3, 0.4) is 0 Å². The first kappa shape index (κ1) is 18.4. The molecule has 1 fully saturated rings. The number of carbonyl (C=O) groups excluding carboxylic acids is 2. The van der Waals surface area contributed by atoms with Gasteiger partial charge in [0.1, 0.15) is 0 Å². The number of methoxy groups -OCH3 is 1. The number of benzene rings is 1. The van der Waals surface area contributed by atoms with Crippen LogP contribution in [0.2, 0.25) is 0 Å². The van der Waals surface area contributed by atoms with E-state index in [4.69, 9.17) is 4.74 Å². The van der Waals surface area contributed by atoms with E-state index in [2.05, 4.69) is 29.0 Å². The van der Waals surface area contributed by atoms with Crippen molar-refractivity contribution in [1.29, 1.82) is 0 Å². The summed E-state index contributed by atoms with van der Waals surface area (Å²) >= 11 is 0. The Hall–Kier alpha value is -1.92. The zero-order valence-electron chi connectivity index (χ0n) is 14.7. The fraction of sp³-hybridized carbons (Fsp3) is 0.556. The van der Waals surface area contributed by atoms with Crippen LogP contribution >= 0.6 is 0 Å². The van der Waals surface area contributed by atoms with E-state index in [1.165, 1.54) is 7.11 Å². The van der Waals surface area contributed by atoms with Crippen LogP contribution < -0.4 is 5.32 Å². The molecule has 0 bridgehead atoms. The van der Waals surface area contributed by atoms with Crippen molar-refractivity contribution >= 4 is 17.6 Å². The third-order valence-corrected chi connectivity index (χ3v) is 4.02. The van der Waals surface area contributed by atoms with Gasteiger partial charge >= 0.3 is 5.97 Å². The minimum Gasteiger partial charge on any atom is -0.465 e. The highest BCUT2D eigenvalue weighted by molar-refractivity contribution is 5.95. The van der Waals surface area contributed by atoms with E-state index in [1.807, 2.05) is 0 Å². The van der Waals surface area contributed by atoms with E-state index in [-0.39, 0.29) is 5.91 Å². The Morgan fingerprint density at radius 3 is 2.46 bits per heavy atom. The summed E-state index contributed by atoms with van der Waals surface area (Å²) in [5.41, 5.74) is 1.04. The molecule has 1 heterocycles. The lowest BCUT2D eigenvalue weighted by Crippen LogP contribution is -2.49. The maximum Gasteiger partial charge on any atom is 0.337 e. The number of anilines is 1. The highest BCUT2D eigenvalue weighted by Crippen LogP contribution is 2.12. The van der Waals surface area contributed by atoms with E-state index in [1.54, 1.807) is 24.3 Å². The number of esters is 1. The smallest absolute Gasteiger partial charge is 0.337 e. The molecule has 1 saturated heterocycles. The van der Waals surface area contributed by atoms with Crippen LogP contribution in [0.25, 0.3) is 0 Å². The number of hydrogen-bond donors (Lipinski definition) is 1. The Balaban J connectivity index is 1.81. The highest BCUT2D eigenvalue weighted by atomic mass is 16.5. The number of nitrogens with zero attached hydrogens (tertiary/aromatic N) is 2. The minimum atomic E-state index is -0.410. The van der Waals surface area contributed by atoms with Crippen molar-refractivity contribution < 1.29 is 14.3 Å². The second-order valence-electron chi connectivity index (χ2n) is 6.59. The van der Waals surface area contributed by atoms with Gasteiger partial charge in [0.2, 0.25) is 5.91 Å². The number of ether oxygens (including phenoxy) is 1. The zero-order chi connectivity index (χ0) is 17.5. The lowest BCUT2D eigenvalue weighted by Gasteiger charge is -2.35. The summed E-state index contributed by atoms with van der Waals surface area (Å²) in [7, 11) is 1.34. The van der Waals surface area contributed by atoms with Gasteiger partial charge in [0.25, 0.3) is 0 Å². The van der Waals surface area contributed by atoms with Crippen LogP contribution in [0.15, 0.2) is 24.3 Å². The van der Waals surface area contributed by atoms with Gasteiger partial charge in [-0.1, -0.05) is 19.9 Å². The summed E-state index contributed by atoms with van der Waals surface area (Å²) < 4.78 is 4.69. The van der Waals surface area contributed by atoms with E-state index < -0.39 is 5.97 Å². The van der Waals surface area contributed by atoms with Gasteiger partial charge in [-0.3, -0.25) is 9.69 Å². The number of rotatable bonds is 6. The average Bonchev–Trinajstić information content (AvgIpc) is 2.55. The predicted molar refractivity (Wildman–Crippen MR) is 94.1 cm³/mol. The van der Waals surface area contributed by atoms with Crippen molar-refractivity contribution in [2.24, 2.45) is 5.92 Å². The molecule has 24 heavy (non-hydrogen) atoms. The molecule has 1 aromatic rings. The Morgan fingerprint density at radius 1 is 1.17 bits per heavy atom. The SMILES string of the molecule is COC(=O)c1cccc(NC(=O)CN2CCN(CC(C)C)CC2)c1. The third kappa shape index (κ3) is 5.62. The monoisotopic (exact) mass is 333 g/mol. The molecule has 1 aliphatic heterocycles. The fourth-order valence-electron chi connectivity index (χ4n) is 2.89.